The normalized spacial score (nSPS) is 12.9. The second-order valence-electron chi connectivity index (χ2n) is 18.5. The van der Waals surface area contributed by atoms with E-state index in [1.54, 1.807) is 0 Å². The average molecular weight is 938 g/mol. The molecule has 8 heteroatoms. The first kappa shape index (κ1) is 46.7. The minimum absolute atomic E-state index is 0.804. The Morgan fingerprint density at radius 3 is 1.68 bits per heavy atom. The number of oxazole rings is 1. The maximum Gasteiger partial charge on any atom is 0.374 e. The zero-order valence-electron chi connectivity index (χ0n) is 41.0. The summed E-state index contributed by atoms with van der Waals surface area (Å²) in [5, 5.41) is 0. The van der Waals surface area contributed by atoms with Gasteiger partial charge in [0, 0.05) is 72.6 Å². The number of fused-ring (bicyclic) bond motifs is 2. The summed E-state index contributed by atoms with van der Waals surface area (Å²) in [6, 6.07) is 55.8. The predicted octanol–water partition coefficient (Wildman–Crippen LogP) is 11.2. The summed E-state index contributed by atoms with van der Waals surface area (Å²) in [6.07, 6.45) is 28.8. The van der Waals surface area contributed by atoms with Gasteiger partial charge < -0.3 is 14.1 Å². The molecule has 6 heterocycles. The molecule has 0 saturated heterocycles. The van der Waals surface area contributed by atoms with Gasteiger partial charge in [-0.05, 0) is 83.8 Å². The molecule has 354 valence electrons. The van der Waals surface area contributed by atoms with Gasteiger partial charge in [0.15, 0.2) is 88.0 Å². The Labute approximate surface area is 419 Å². The molecule has 0 radical (unpaired) electrons. The number of hydrogen-bond donors (Lipinski definition) is 0. The molecule has 0 spiro atoms. The summed E-state index contributed by atoms with van der Waals surface area (Å²) < 4.78 is 25.2. The number of pyridine rings is 4. The van der Waals surface area contributed by atoms with E-state index in [4.69, 9.17) is 9.15 Å². The number of ether oxygens (including phenoxy) is 1. The third kappa shape index (κ3) is 12.1. The first-order valence-electron chi connectivity index (χ1n) is 25.5. The molecule has 1 aliphatic rings. The Morgan fingerprint density at radius 2 is 1.06 bits per heavy atom. The maximum atomic E-state index is 6.81. The van der Waals surface area contributed by atoms with Crippen LogP contribution in [0, 0.1) is 0 Å². The van der Waals surface area contributed by atoms with Crippen molar-refractivity contribution in [3.05, 3.63) is 242 Å². The van der Waals surface area contributed by atoms with Crippen molar-refractivity contribution in [2.45, 2.75) is 84.6 Å². The van der Waals surface area contributed by atoms with Crippen LogP contribution in [0.25, 0.3) is 39.4 Å². The van der Waals surface area contributed by atoms with Crippen molar-refractivity contribution in [1.29, 1.82) is 0 Å². The fourth-order valence-electron chi connectivity index (χ4n) is 9.71. The highest BCUT2D eigenvalue weighted by Crippen LogP contribution is 2.42. The number of aromatic nitrogens is 5. The van der Waals surface area contributed by atoms with E-state index in [0.29, 0.717) is 0 Å². The third-order valence-electron chi connectivity index (χ3n) is 13.5. The number of aryl methyl sites for hydroxylation is 7. The number of allylic oxidation sites excluding steroid dienone is 2. The zero-order valence-corrected chi connectivity index (χ0v) is 41.0. The van der Waals surface area contributed by atoms with E-state index in [9.17, 15) is 0 Å². The van der Waals surface area contributed by atoms with E-state index < -0.39 is 0 Å². The Hall–Kier alpha value is -7.97. The van der Waals surface area contributed by atoms with E-state index in [-0.39, 0.29) is 0 Å². The summed E-state index contributed by atoms with van der Waals surface area (Å²) in [7, 11) is 0. The summed E-state index contributed by atoms with van der Waals surface area (Å²) in [6.45, 7) is 7.79. The highest BCUT2D eigenvalue weighted by molar-refractivity contribution is 5.79. The minimum atomic E-state index is 0.804. The fourth-order valence-corrected chi connectivity index (χ4v) is 9.71. The van der Waals surface area contributed by atoms with Gasteiger partial charge in [0.05, 0.1) is 24.6 Å². The second kappa shape index (κ2) is 23.1. The molecule has 0 aliphatic carbocycles. The SMILES string of the molecule is CCC(=C\c1oc2ccc(-c3ccccc3)cc2[n+]1CCCc1ccc[n+](CCC[n+]2ccccc2)c1)/C=C1/Oc2ccc(-c3ccccc3)cc2N1CCCc1ccc[n+](CCC[n+]2ccccc2)c1. The Morgan fingerprint density at radius 1 is 0.507 bits per heavy atom. The van der Waals surface area contributed by atoms with Crippen LogP contribution in [0.5, 0.6) is 5.75 Å². The van der Waals surface area contributed by atoms with Gasteiger partial charge in [0.1, 0.15) is 0 Å². The number of rotatable bonds is 21. The zero-order chi connectivity index (χ0) is 48.0. The number of benzene rings is 4. The first-order valence-corrected chi connectivity index (χ1v) is 25.5. The van der Waals surface area contributed by atoms with Crippen LogP contribution < -0.4 is 32.5 Å². The van der Waals surface area contributed by atoms with Gasteiger partial charge in [-0.3, -0.25) is 0 Å². The summed E-state index contributed by atoms with van der Waals surface area (Å²) in [5.74, 6) is 2.56. The first-order chi connectivity index (χ1) is 35.1. The summed E-state index contributed by atoms with van der Waals surface area (Å²) >= 11 is 0. The lowest BCUT2D eigenvalue weighted by molar-refractivity contribution is -0.727. The van der Waals surface area contributed by atoms with Crippen molar-refractivity contribution in [2.24, 2.45) is 0 Å². The number of hydrogen-bond acceptors (Lipinski definition) is 3. The van der Waals surface area contributed by atoms with Crippen LogP contribution in [-0.4, -0.2) is 6.54 Å². The average Bonchev–Trinajstić information content (AvgIpc) is 3.95. The lowest BCUT2D eigenvalue weighted by atomic mass is 10.0. The second-order valence-corrected chi connectivity index (χ2v) is 18.5. The Kier molecular flexibility index (Phi) is 15.2. The molecule has 0 atom stereocenters. The third-order valence-corrected chi connectivity index (χ3v) is 13.5. The van der Waals surface area contributed by atoms with E-state index in [0.717, 1.165) is 124 Å². The van der Waals surface area contributed by atoms with Crippen LogP contribution in [0.3, 0.4) is 0 Å². The molecule has 0 N–H and O–H groups in total. The summed E-state index contributed by atoms with van der Waals surface area (Å²) in [4.78, 5) is 2.38. The molecule has 5 aromatic heterocycles. The Balaban J connectivity index is 0.904. The molecule has 0 bridgehead atoms. The highest BCUT2D eigenvalue weighted by Gasteiger charge is 2.28. The summed E-state index contributed by atoms with van der Waals surface area (Å²) in [5.41, 5.74) is 11.6. The largest absolute Gasteiger partial charge is 0.439 e. The van der Waals surface area contributed by atoms with Gasteiger partial charge in [-0.15, -0.1) is 0 Å². The van der Waals surface area contributed by atoms with Gasteiger partial charge in [-0.1, -0.05) is 91.9 Å². The molecule has 9 aromatic rings. The van der Waals surface area contributed by atoms with Crippen molar-refractivity contribution in [2.75, 3.05) is 11.4 Å². The molecular formula is C63H65N6O2+5. The molecule has 0 saturated carbocycles. The molecule has 10 rings (SSSR count). The standard InChI is InChI=1S/C63H65N6O2/c1-2-51(45-62-68(58-47-56(29-31-60(58)70-62)54-25-7-3-8-26-54)43-17-23-52-21-15-37-66(49-52)41-19-39-64-33-11-5-12-34-64)46-63-69(59-48-57(30-32-61(59)71-63)55-27-9-4-10-28-55)44-18-24-53-22-16-38-67(50-53)42-20-40-65-35-13-6-14-36-65/h3-16,21-22,25-38,45-50H,2,17-20,23-24,39-44H2,1H3/q+5. The van der Waals surface area contributed by atoms with E-state index >= 15 is 0 Å². The van der Waals surface area contributed by atoms with Gasteiger partial charge in [-0.2, -0.15) is 4.57 Å². The minimum Gasteiger partial charge on any atom is -0.439 e. The van der Waals surface area contributed by atoms with E-state index in [1.807, 2.05) is 0 Å². The molecule has 0 fully saturated rings. The number of nitrogens with zero attached hydrogens (tertiary/aromatic N) is 6. The van der Waals surface area contributed by atoms with Crippen LogP contribution in [0.2, 0.25) is 0 Å². The van der Waals surface area contributed by atoms with Crippen molar-refractivity contribution in [3.8, 4) is 28.0 Å². The Bertz CT molecular complexity index is 3220. The lowest BCUT2D eigenvalue weighted by Crippen LogP contribution is -2.38. The fraction of sp³-hybridized carbons (Fsp3) is 0.222. The molecule has 71 heavy (non-hydrogen) atoms. The van der Waals surface area contributed by atoms with Crippen molar-refractivity contribution < 1.29 is 32.0 Å². The quantitative estimate of drug-likeness (QED) is 0.0675. The van der Waals surface area contributed by atoms with Crippen LogP contribution in [0.1, 0.15) is 56.0 Å². The molecule has 1 aliphatic heterocycles. The van der Waals surface area contributed by atoms with Crippen LogP contribution in [0.15, 0.2) is 229 Å². The molecule has 0 unspecified atom stereocenters. The molecule has 4 aromatic carbocycles. The molecule has 0 amide bonds. The lowest BCUT2D eigenvalue weighted by Gasteiger charge is -2.19. The highest BCUT2D eigenvalue weighted by atomic mass is 16.5. The molecule has 8 nitrogen and oxygen atoms in total. The van der Waals surface area contributed by atoms with Crippen molar-refractivity contribution in [3.63, 3.8) is 0 Å². The van der Waals surface area contributed by atoms with Gasteiger partial charge in [-0.25, -0.2) is 18.3 Å². The maximum absolute atomic E-state index is 6.81. The van der Waals surface area contributed by atoms with Crippen molar-refractivity contribution >= 4 is 22.9 Å². The van der Waals surface area contributed by atoms with Gasteiger partial charge >= 0.3 is 5.89 Å². The van der Waals surface area contributed by atoms with Gasteiger partial charge in [0.2, 0.25) is 11.5 Å². The topological polar surface area (TPSA) is 45.0 Å². The van der Waals surface area contributed by atoms with E-state index in [1.165, 1.54) is 33.4 Å². The van der Waals surface area contributed by atoms with Crippen molar-refractivity contribution in [1.82, 2.24) is 0 Å². The smallest absolute Gasteiger partial charge is 0.374 e. The number of anilines is 1. The predicted molar refractivity (Wildman–Crippen MR) is 280 cm³/mol. The van der Waals surface area contributed by atoms with Crippen LogP contribution >= 0.6 is 0 Å². The van der Waals surface area contributed by atoms with Crippen LogP contribution in [-0.2, 0) is 45.6 Å². The monoisotopic (exact) mass is 938 g/mol. The van der Waals surface area contributed by atoms with Crippen LogP contribution in [0.4, 0.5) is 5.69 Å². The van der Waals surface area contributed by atoms with E-state index in [2.05, 4.69) is 254 Å². The van der Waals surface area contributed by atoms with Gasteiger partial charge in [0.25, 0.3) is 5.52 Å². The molecular weight excluding hydrogens is 873 g/mol.